The van der Waals surface area contributed by atoms with Gasteiger partial charge in [0.25, 0.3) is 5.91 Å². The van der Waals surface area contributed by atoms with Gasteiger partial charge in [0.15, 0.2) is 5.60 Å². The quantitative estimate of drug-likeness (QED) is 0.701. The molecule has 4 rings (SSSR count). The summed E-state index contributed by atoms with van der Waals surface area (Å²) >= 11 is 0. The third kappa shape index (κ3) is 4.50. The fourth-order valence-electron chi connectivity index (χ4n) is 3.81. The number of pyridine rings is 2. The molecule has 2 N–H and O–H groups in total. The van der Waals surface area contributed by atoms with Crippen LogP contribution in [0.2, 0.25) is 0 Å². The number of carbonyl (C=O) groups is 1. The van der Waals surface area contributed by atoms with Gasteiger partial charge >= 0.3 is 0 Å². The summed E-state index contributed by atoms with van der Waals surface area (Å²) in [5.74, 6) is -0.430. The van der Waals surface area contributed by atoms with Crippen LogP contribution in [0.5, 0.6) is 0 Å². The van der Waals surface area contributed by atoms with Crippen LogP contribution in [0.25, 0.3) is 11.1 Å². The van der Waals surface area contributed by atoms with Gasteiger partial charge in [0.1, 0.15) is 0 Å². The van der Waals surface area contributed by atoms with Crippen LogP contribution in [0.4, 0.5) is 0 Å². The minimum Gasteiger partial charge on any atom is -0.367 e. The van der Waals surface area contributed by atoms with E-state index in [1.165, 1.54) is 0 Å². The van der Waals surface area contributed by atoms with Gasteiger partial charge in [-0.05, 0) is 34.4 Å². The lowest BCUT2D eigenvalue weighted by Crippen LogP contribution is -2.59. The minimum absolute atomic E-state index is 0.430. The van der Waals surface area contributed by atoms with Crippen molar-refractivity contribution in [2.75, 3.05) is 19.7 Å². The van der Waals surface area contributed by atoms with Gasteiger partial charge in [0.2, 0.25) is 0 Å². The first-order valence-corrected chi connectivity index (χ1v) is 9.69. The Morgan fingerprint density at radius 3 is 2.52 bits per heavy atom. The number of nitrogens with zero attached hydrogens (tertiary/aromatic N) is 3. The maximum atomic E-state index is 12.5. The molecule has 148 valence electrons. The van der Waals surface area contributed by atoms with E-state index in [0.717, 1.165) is 28.8 Å². The lowest BCUT2D eigenvalue weighted by atomic mass is 9.90. The van der Waals surface area contributed by atoms with Gasteiger partial charge < -0.3 is 10.5 Å². The van der Waals surface area contributed by atoms with Gasteiger partial charge in [0, 0.05) is 50.8 Å². The molecule has 29 heavy (non-hydrogen) atoms. The third-order valence-corrected chi connectivity index (χ3v) is 5.25. The Hall–Kier alpha value is -3.09. The van der Waals surface area contributed by atoms with E-state index in [-0.39, 0.29) is 0 Å². The van der Waals surface area contributed by atoms with Crippen LogP contribution in [0.3, 0.4) is 0 Å². The molecule has 0 saturated carbocycles. The van der Waals surface area contributed by atoms with E-state index in [1.54, 1.807) is 12.4 Å². The maximum absolute atomic E-state index is 12.5. The zero-order valence-corrected chi connectivity index (χ0v) is 16.2. The van der Waals surface area contributed by atoms with Gasteiger partial charge in [-0.1, -0.05) is 36.4 Å². The predicted octanol–water partition coefficient (Wildman–Crippen LogP) is 2.44. The van der Waals surface area contributed by atoms with Crippen molar-refractivity contribution in [1.29, 1.82) is 0 Å². The fraction of sp³-hybridized carbons (Fsp3) is 0.261. The van der Waals surface area contributed by atoms with Gasteiger partial charge in [-0.15, -0.1) is 0 Å². The Bertz CT molecular complexity index is 965. The van der Waals surface area contributed by atoms with Crippen LogP contribution in [-0.2, 0) is 22.5 Å². The molecule has 0 aliphatic carbocycles. The topological polar surface area (TPSA) is 81.3 Å². The van der Waals surface area contributed by atoms with Crippen LogP contribution in [0, 0.1) is 0 Å². The molecule has 1 atom stereocenters. The largest absolute Gasteiger partial charge is 0.367 e. The molecule has 1 aliphatic heterocycles. The number of amides is 1. The van der Waals surface area contributed by atoms with Gasteiger partial charge in [-0.25, -0.2) is 0 Å². The first-order valence-electron chi connectivity index (χ1n) is 9.69. The molecule has 1 aromatic carbocycles. The van der Waals surface area contributed by atoms with Crippen molar-refractivity contribution in [3.05, 3.63) is 84.4 Å². The number of primary amides is 1. The standard InChI is InChI=1S/C23H24N4O2/c24-22(28)23(17-27(10-11-29-23)16-19-5-2-8-25-14-19)13-18-4-1-6-20(12-18)21-7-3-9-26-15-21/h1-9,12,14-15H,10-11,13,16-17H2,(H2,24,28)/t23-/m0/s1. The molecule has 1 saturated heterocycles. The summed E-state index contributed by atoms with van der Waals surface area (Å²) in [6.07, 6.45) is 7.61. The number of rotatable bonds is 6. The highest BCUT2D eigenvalue weighted by atomic mass is 16.5. The highest BCUT2D eigenvalue weighted by molar-refractivity contribution is 5.84. The monoisotopic (exact) mass is 388 g/mol. The van der Waals surface area contributed by atoms with E-state index < -0.39 is 11.5 Å². The first kappa shape index (κ1) is 19.2. The maximum Gasteiger partial charge on any atom is 0.251 e. The second kappa shape index (κ2) is 8.51. The van der Waals surface area contributed by atoms with Crippen LogP contribution in [0.1, 0.15) is 11.1 Å². The molecule has 0 spiro atoms. The fourth-order valence-corrected chi connectivity index (χ4v) is 3.81. The zero-order chi connectivity index (χ0) is 20.1. The number of morpholine rings is 1. The number of hydrogen-bond donors (Lipinski definition) is 1. The van der Waals surface area contributed by atoms with Gasteiger partial charge in [-0.3, -0.25) is 19.7 Å². The lowest BCUT2D eigenvalue weighted by molar-refractivity contribution is -0.157. The van der Waals surface area contributed by atoms with E-state index >= 15 is 0 Å². The number of hydrogen-bond acceptors (Lipinski definition) is 5. The number of aromatic nitrogens is 2. The summed E-state index contributed by atoms with van der Waals surface area (Å²) in [6.45, 7) is 2.38. The molecular formula is C23H24N4O2. The van der Waals surface area contributed by atoms with Crippen molar-refractivity contribution in [2.45, 2.75) is 18.6 Å². The summed E-state index contributed by atoms with van der Waals surface area (Å²) in [7, 11) is 0. The Morgan fingerprint density at radius 2 is 1.79 bits per heavy atom. The Morgan fingerprint density at radius 1 is 1.03 bits per heavy atom. The molecule has 1 aliphatic rings. The van der Waals surface area contributed by atoms with E-state index in [4.69, 9.17) is 10.5 Å². The average molecular weight is 388 g/mol. The minimum atomic E-state index is -1.05. The van der Waals surface area contributed by atoms with E-state index in [2.05, 4.69) is 20.9 Å². The first-order chi connectivity index (χ1) is 14.1. The normalized spacial score (nSPS) is 19.7. The van der Waals surface area contributed by atoms with Crippen molar-refractivity contribution in [3.63, 3.8) is 0 Å². The zero-order valence-electron chi connectivity index (χ0n) is 16.2. The molecule has 0 unspecified atom stereocenters. The Balaban J connectivity index is 1.55. The van der Waals surface area contributed by atoms with E-state index in [1.807, 2.05) is 54.9 Å². The number of ether oxygens (including phenoxy) is 1. The van der Waals surface area contributed by atoms with Crippen LogP contribution < -0.4 is 5.73 Å². The van der Waals surface area contributed by atoms with E-state index in [9.17, 15) is 4.79 Å². The van der Waals surface area contributed by atoms with E-state index in [0.29, 0.717) is 26.1 Å². The molecule has 2 aromatic heterocycles. The molecule has 1 amide bonds. The highest BCUT2D eigenvalue weighted by Crippen LogP contribution is 2.27. The summed E-state index contributed by atoms with van der Waals surface area (Å²) in [5, 5.41) is 0. The number of carbonyl (C=O) groups excluding carboxylic acids is 1. The van der Waals surface area contributed by atoms with Crippen molar-refractivity contribution in [3.8, 4) is 11.1 Å². The SMILES string of the molecule is NC(=O)[C@]1(Cc2cccc(-c3cccnc3)c2)CN(Cc2cccnc2)CCO1. The predicted molar refractivity (Wildman–Crippen MR) is 111 cm³/mol. The summed E-state index contributed by atoms with van der Waals surface area (Å²) in [4.78, 5) is 23.0. The highest BCUT2D eigenvalue weighted by Gasteiger charge is 2.42. The summed E-state index contributed by atoms with van der Waals surface area (Å²) < 4.78 is 6.00. The number of nitrogens with two attached hydrogens (primary N) is 1. The average Bonchev–Trinajstić information content (AvgIpc) is 2.75. The molecular weight excluding hydrogens is 364 g/mol. The van der Waals surface area contributed by atoms with Crippen LogP contribution >= 0.6 is 0 Å². The van der Waals surface area contributed by atoms with Gasteiger partial charge in [0.05, 0.1) is 6.61 Å². The molecule has 6 heteroatoms. The molecule has 6 nitrogen and oxygen atoms in total. The second-order valence-electron chi connectivity index (χ2n) is 7.40. The van der Waals surface area contributed by atoms with Crippen LogP contribution in [-0.4, -0.2) is 46.1 Å². The second-order valence-corrected chi connectivity index (χ2v) is 7.40. The van der Waals surface area contributed by atoms with Crippen molar-refractivity contribution < 1.29 is 9.53 Å². The number of benzene rings is 1. The lowest BCUT2D eigenvalue weighted by Gasteiger charge is -2.40. The Labute approximate surface area is 170 Å². The molecule has 0 radical (unpaired) electrons. The van der Waals surface area contributed by atoms with Gasteiger partial charge in [-0.2, -0.15) is 0 Å². The van der Waals surface area contributed by atoms with Crippen molar-refractivity contribution in [2.24, 2.45) is 5.73 Å². The van der Waals surface area contributed by atoms with Crippen LogP contribution in [0.15, 0.2) is 73.3 Å². The molecule has 1 fully saturated rings. The summed E-state index contributed by atoms with van der Waals surface area (Å²) in [5.41, 5.74) is 8.99. The molecule has 0 bridgehead atoms. The smallest absolute Gasteiger partial charge is 0.251 e. The summed E-state index contributed by atoms with van der Waals surface area (Å²) in [6, 6.07) is 16.0. The molecule has 3 aromatic rings. The van der Waals surface area contributed by atoms with Crippen molar-refractivity contribution >= 4 is 5.91 Å². The molecule has 3 heterocycles. The third-order valence-electron chi connectivity index (χ3n) is 5.25. The Kier molecular flexibility index (Phi) is 5.64. The van der Waals surface area contributed by atoms with Crippen molar-refractivity contribution in [1.82, 2.24) is 14.9 Å².